The van der Waals surface area contributed by atoms with Crippen LogP contribution >= 0.6 is 45.9 Å². The van der Waals surface area contributed by atoms with Gasteiger partial charge in [0.2, 0.25) is 0 Å². The molecule has 0 bridgehead atoms. The molecule has 0 unspecified atom stereocenters. The van der Waals surface area contributed by atoms with Crippen LogP contribution in [0.25, 0.3) is 10.2 Å². The van der Waals surface area contributed by atoms with Crippen LogP contribution in [0.5, 0.6) is 5.75 Å². The molecule has 0 saturated heterocycles. The number of methoxy groups -OCH3 is 1. The van der Waals surface area contributed by atoms with E-state index in [4.69, 9.17) is 27.9 Å². The van der Waals surface area contributed by atoms with Gasteiger partial charge in [0.15, 0.2) is 4.80 Å². The Labute approximate surface area is 156 Å². The number of allylic oxidation sites excluding steroid dienone is 1. The summed E-state index contributed by atoms with van der Waals surface area (Å²) >= 11 is 14.5. The van der Waals surface area contributed by atoms with Crippen LogP contribution in [-0.2, 0) is 6.54 Å². The number of thiophene rings is 1. The normalized spacial score (nSPS) is 11.9. The second-order valence-corrected chi connectivity index (χ2v) is 8.04. The van der Waals surface area contributed by atoms with Crippen molar-refractivity contribution in [2.75, 3.05) is 7.11 Å². The topological polar surface area (TPSA) is 43.6 Å². The Hall–Kier alpha value is -1.60. The summed E-state index contributed by atoms with van der Waals surface area (Å²) in [6.45, 7) is 4.28. The fourth-order valence-electron chi connectivity index (χ4n) is 2.28. The molecule has 2 heterocycles. The number of hydrogen-bond acceptors (Lipinski definition) is 4. The number of carbonyl (C=O) groups is 1. The monoisotopic (exact) mass is 398 g/mol. The average Bonchev–Trinajstić information content (AvgIpc) is 3.07. The van der Waals surface area contributed by atoms with Gasteiger partial charge in [-0.3, -0.25) is 4.79 Å². The third-order valence-corrected chi connectivity index (χ3v) is 5.81. The lowest BCUT2D eigenvalue weighted by atomic mass is 10.3. The van der Waals surface area contributed by atoms with Crippen LogP contribution < -0.4 is 9.54 Å². The Morgan fingerprint density at radius 2 is 2.21 bits per heavy atom. The van der Waals surface area contributed by atoms with Gasteiger partial charge in [0.1, 0.15) is 15.6 Å². The Bertz CT molecular complexity index is 1000. The van der Waals surface area contributed by atoms with Gasteiger partial charge in [0.05, 0.1) is 21.7 Å². The van der Waals surface area contributed by atoms with Crippen LogP contribution in [0, 0.1) is 0 Å². The summed E-state index contributed by atoms with van der Waals surface area (Å²) in [5.41, 5.74) is 1.19. The molecule has 124 valence electrons. The van der Waals surface area contributed by atoms with Crippen molar-refractivity contribution >= 4 is 62.0 Å². The van der Waals surface area contributed by atoms with E-state index in [2.05, 4.69) is 11.6 Å². The van der Waals surface area contributed by atoms with Gasteiger partial charge in [-0.25, -0.2) is 0 Å². The third kappa shape index (κ3) is 3.15. The molecule has 4 nitrogen and oxygen atoms in total. The maximum absolute atomic E-state index is 12.5. The van der Waals surface area contributed by atoms with Crippen molar-refractivity contribution in [3.63, 3.8) is 0 Å². The minimum atomic E-state index is -0.425. The number of benzene rings is 1. The molecule has 0 fully saturated rings. The molecular weight excluding hydrogens is 387 g/mol. The summed E-state index contributed by atoms with van der Waals surface area (Å²) in [7, 11) is 1.61. The van der Waals surface area contributed by atoms with Crippen molar-refractivity contribution in [2.45, 2.75) is 6.54 Å². The van der Waals surface area contributed by atoms with E-state index in [-0.39, 0.29) is 0 Å². The summed E-state index contributed by atoms with van der Waals surface area (Å²) in [5.74, 6) is 0.294. The lowest BCUT2D eigenvalue weighted by molar-refractivity contribution is 0.0998. The molecule has 0 N–H and O–H groups in total. The Morgan fingerprint density at radius 1 is 1.42 bits per heavy atom. The lowest BCUT2D eigenvalue weighted by Gasteiger charge is -2.05. The van der Waals surface area contributed by atoms with Gasteiger partial charge in [-0.2, -0.15) is 4.99 Å². The smallest absolute Gasteiger partial charge is 0.282 e. The van der Waals surface area contributed by atoms with Crippen LogP contribution in [-0.4, -0.2) is 17.6 Å². The van der Waals surface area contributed by atoms with Crippen molar-refractivity contribution in [1.29, 1.82) is 0 Å². The molecule has 3 aromatic rings. The first kappa shape index (κ1) is 17.2. The molecule has 0 spiro atoms. The fourth-order valence-corrected chi connectivity index (χ4v) is 4.78. The third-order valence-electron chi connectivity index (χ3n) is 3.28. The highest BCUT2D eigenvalue weighted by Crippen LogP contribution is 2.32. The molecule has 8 heteroatoms. The molecule has 0 radical (unpaired) electrons. The van der Waals surface area contributed by atoms with Gasteiger partial charge in [0, 0.05) is 6.54 Å². The van der Waals surface area contributed by atoms with Gasteiger partial charge in [0.25, 0.3) is 5.91 Å². The number of amides is 1. The van der Waals surface area contributed by atoms with E-state index in [0.29, 0.717) is 25.6 Å². The van der Waals surface area contributed by atoms with Crippen molar-refractivity contribution in [1.82, 2.24) is 4.57 Å². The predicted octanol–water partition coefficient (Wildman–Crippen LogP) is 5.01. The van der Waals surface area contributed by atoms with E-state index < -0.39 is 5.91 Å². The number of thiazole rings is 1. The molecule has 0 aliphatic carbocycles. The van der Waals surface area contributed by atoms with Crippen LogP contribution in [0.2, 0.25) is 8.67 Å². The maximum Gasteiger partial charge on any atom is 0.282 e. The minimum Gasteiger partial charge on any atom is -0.495 e. The first-order valence-electron chi connectivity index (χ1n) is 6.86. The number of hydrogen-bond donors (Lipinski definition) is 0. The lowest BCUT2D eigenvalue weighted by Crippen LogP contribution is -2.16. The van der Waals surface area contributed by atoms with Gasteiger partial charge < -0.3 is 9.30 Å². The van der Waals surface area contributed by atoms with Gasteiger partial charge in [-0.05, 0) is 18.2 Å². The Balaban J connectivity index is 2.21. The molecule has 0 aliphatic heterocycles. The molecule has 0 aliphatic rings. The highest BCUT2D eigenvalue weighted by molar-refractivity contribution is 7.20. The molecule has 24 heavy (non-hydrogen) atoms. The molecule has 3 rings (SSSR count). The van der Waals surface area contributed by atoms with Crippen molar-refractivity contribution in [3.05, 3.63) is 56.0 Å². The van der Waals surface area contributed by atoms with E-state index >= 15 is 0 Å². The number of para-hydroxylation sites is 1. The first-order valence-corrected chi connectivity index (χ1v) is 9.25. The zero-order valence-electron chi connectivity index (χ0n) is 12.6. The number of rotatable bonds is 4. The molecular formula is C16H12Cl2N2O2S2. The number of ether oxygens (including phenoxy) is 1. The Kier molecular flexibility index (Phi) is 5.10. The zero-order chi connectivity index (χ0) is 17.3. The minimum absolute atomic E-state index is 0.307. The Morgan fingerprint density at radius 3 is 2.83 bits per heavy atom. The van der Waals surface area contributed by atoms with E-state index in [0.717, 1.165) is 27.3 Å². The summed E-state index contributed by atoms with van der Waals surface area (Å²) in [6, 6.07) is 7.26. The van der Waals surface area contributed by atoms with Gasteiger partial charge >= 0.3 is 0 Å². The number of fused-ring (bicyclic) bond motifs is 1. The molecule has 1 amide bonds. The van der Waals surface area contributed by atoms with E-state index in [9.17, 15) is 4.79 Å². The number of carbonyl (C=O) groups excluding carboxylic acids is 1. The molecule has 1 aromatic carbocycles. The maximum atomic E-state index is 12.5. The van der Waals surface area contributed by atoms with Crippen LogP contribution in [0.3, 0.4) is 0 Å². The first-order chi connectivity index (χ1) is 11.5. The summed E-state index contributed by atoms with van der Waals surface area (Å²) in [5, 5.41) is 0. The van der Waals surface area contributed by atoms with Crippen molar-refractivity contribution in [2.24, 2.45) is 4.99 Å². The summed E-state index contributed by atoms with van der Waals surface area (Å²) < 4.78 is 9.08. The van der Waals surface area contributed by atoms with E-state index in [1.54, 1.807) is 13.2 Å². The molecule has 2 aromatic heterocycles. The second-order valence-electron chi connectivity index (χ2n) is 4.75. The number of aromatic nitrogens is 1. The average molecular weight is 399 g/mol. The largest absolute Gasteiger partial charge is 0.495 e. The quantitative estimate of drug-likeness (QED) is 0.579. The van der Waals surface area contributed by atoms with Crippen LogP contribution in [0.15, 0.2) is 41.9 Å². The predicted molar refractivity (Wildman–Crippen MR) is 101 cm³/mol. The zero-order valence-corrected chi connectivity index (χ0v) is 15.7. The summed E-state index contributed by atoms with van der Waals surface area (Å²) in [6.07, 6.45) is 1.75. The number of nitrogens with zero attached hydrogens (tertiary/aromatic N) is 2. The van der Waals surface area contributed by atoms with E-state index in [1.165, 1.54) is 17.4 Å². The van der Waals surface area contributed by atoms with Crippen molar-refractivity contribution in [3.8, 4) is 5.75 Å². The summed E-state index contributed by atoms with van der Waals surface area (Å²) in [4.78, 5) is 17.3. The SMILES string of the molecule is C=CCn1c(=NC(=O)c2cc(Cl)sc2Cl)sc2cccc(OC)c21. The van der Waals surface area contributed by atoms with Gasteiger partial charge in [-0.15, -0.1) is 17.9 Å². The van der Waals surface area contributed by atoms with Crippen LogP contribution in [0.4, 0.5) is 0 Å². The fraction of sp³-hybridized carbons (Fsp3) is 0.125. The number of halogens is 2. The standard InChI is InChI=1S/C16H12Cl2N2O2S2/c1-3-7-20-13-10(22-2)5-4-6-11(13)23-16(20)19-15(21)9-8-12(17)24-14(9)18/h3-6,8H,1,7H2,2H3. The molecule has 0 saturated carbocycles. The highest BCUT2D eigenvalue weighted by Gasteiger charge is 2.16. The van der Waals surface area contributed by atoms with Crippen molar-refractivity contribution < 1.29 is 9.53 Å². The highest BCUT2D eigenvalue weighted by atomic mass is 35.5. The molecule has 0 atom stereocenters. The van der Waals surface area contributed by atoms with E-state index in [1.807, 2.05) is 22.8 Å². The second kappa shape index (κ2) is 7.11. The van der Waals surface area contributed by atoms with Gasteiger partial charge in [-0.1, -0.05) is 46.7 Å². The van der Waals surface area contributed by atoms with Crippen LogP contribution in [0.1, 0.15) is 10.4 Å².